The second-order valence-electron chi connectivity index (χ2n) is 2.25. The van der Waals surface area contributed by atoms with Crippen molar-refractivity contribution in [3.8, 4) is 0 Å². The molecule has 0 aromatic heterocycles. The molecule has 13 heavy (non-hydrogen) atoms. The number of benzene rings is 1. The fraction of sp³-hybridized carbons (Fsp3) is 0. The Labute approximate surface area is 96.8 Å². The summed E-state index contributed by atoms with van der Waals surface area (Å²) in [5.41, 5.74) is 0. The van der Waals surface area contributed by atoms with Crippen LogP contribution in [0, 0.1) is 9.39 Å². The van der Waals surface area contributed by atoms with E-state index in [1.807, 2.05) is 22.6 Å². The predicted molar refractivity (Wildman–Crippen MR) is 58.2 cm³/mol. The zero-order valence-electron chi connectivity index (χ0n) is 6.09. The Morgan fingerprint density at radius 2 is 2.00 bits per heavy atom. The third-order valence-electron chi connectivity index (χ3n) is 1.29. The predicted octanol–water partition coefficient (Wildman–Crippen LogP) is 1.84. The lowest BCUT2D eigenvalue weighted by Gasteiger charge is -2.02. The molecule has 0 atom stereocenters. The molecular formula is C6H4BrFINO2S. The van der Waals surface area contributed by atoms with E-state index < -0.39 is 15.8 Å². The van der Waals surface area contributed by atoms with E-state index in [9.17, 15) is 12.8 Å². The number of rotatable bonds is 1. The average molecular weight is 380 g/mol. The summed E-state index contributed by atoms with van der Waals surface area (Å²) < 4.78 is 35.4. The molecule has 0 amide bonds. The molecule has 0 heterocycles. The molecular weight excluding hydrogens is 376 g/mol. The Bertz CT molecular complexity index is 425. The van der Waals surface area contributed by atoms with Crippen LogP contribution in [0.3, 0.4) is 0 Å². The van der Waals surface area contributed by atoms with Crippen LogP contribution >= 0.6 is 38.5 Å². The molecule has 0 radical (unpaired) electrons. The molecule has 7 heteroatoms. The quantitative estimate of drug-likeness (QED) is 0.597. The number of halogens is 3. The maximum absolute atomic E-state index is 13.0. The van der Waals surface area contributed by atoms with Gasteiger partial charge in [-0.15, -0.1) is 0 Å². The third-order valence-corrected chi connectivity index (χ3v) is 4.58. The topological polar surface area (TPSA) is 60.2 Å². The van der Waals surface area contributed by atoms with Gasteiger partial charge in [0.1, 0.15) is 5.82 Å². The Morgan fingerprint density at radius 3 is 2.38 bits per heavy atom. The van der Waals surface area contributed by atoms with E-state index in [0.29, 0.717) is 3.57 Å². The molecule has 0 fully saturated rings. The summed E-state index contributed by atoms with van der Waals surface area (Å²) in [6, 6.07) is 2.17. The molecule has 0 bridgehead atoms. The number of primary sulfonamides is 1. The van der Waals surface area contributed by atoms with E-state index in [4.69, 9.17) is 5.14 Å². The van der Waals surface area contributed by atoms with Crippen molar-refractivity contribution < 1.29 is 12.8 Å². The van der Waals surface area contributed by atoms with Crippen molar-refractivity contribution >= 4 is 48.5 Å². The summed E-state index contributed by atoms with van der Waals surface area (Å²) in [5.74, 6) is -0.643. The molecule has 3 nitrogen and oxygen atoms in total. The molecule has 0 aliphatic heterocycles. The van der Waals surface area contributed by atoms with E-state index in [2.05, 4.69) is 15.9 Å². The van der Waals surface area contributed by atoms with Crippen molar-refractivity contribution in [2.45, 2.75) is 4.90 Å². The maximum Gasteiger partial charge on any atom is 0.238 e. The van der Waals surface area contributed by atoms with Gasteiger partial charge < -0.3 is 0 Å². The normalized spacial score (nSPS) is 11.7. The fourth-order valence-corrected chi connectivity index (χ4v) is 2.28. The highest BCUT2D eigenvalue weighted by molar-refractivity contribution is 14.1. The van der Waals surface area contributed by atoms with Crippen molar-refractivity contribution in [2.75, 3.05) is 0 Å². The van der Waals surface area contributed by atoms with E-state index in [-0.39, 0.29) is 9.37 Å². The summed E-state index contributed by atoms with van der Waals surface area (Å²) >= 11 is 4.77. The van der Waals surface area contributed by atoms with Gasteiger partial charge in [-0.25, -0.2) is 17.9 Å². The zero-order valence-corrected chi connectivity index (χ0v) is 10.7. The van der Waals surface area contributed by atoms with E-state index in [1.165, 1.54) is 6.07 Å². The van der Waals surface area contributed by atoms with Gasteiger partial charge in [-0.3, -0.25) is 0 Å². The highest BCUT2D eigenvalue weighted by atomic mass is 127. The third kappa shape index (κ3) is 2.61. The first-order chi connectivity index (χ1) is 5.82. The molecule has 2 N–H and O–H groups in total. The second-order valence-corrected chi connectivity index (χ2v) is 5.76. The van der Waals surface area contributed by atoms with Gasteiger partial charge >= 0.3 is 0 Å². The van der Waals surface area contributed by atoms with Crippen molar-refractivity contribution in [1.82, 2.24) is 0 Å². The van der Waals surface area contributed by atoms with Gasteiger partial charge in [0.25, 0.3) is 0 Å². The van der Waals surface area contributed by atoms with Crippen LogP contribution in [0.15, 0.2) is 21.5 Å². The standard InChI is InChI=1S/C6H4BrFINO2S/c7-6-4(8)1-3(2-5(6)9)13(10,11)12/h1-2H,(H2,10,11,12). The minimum Gasteiger partial charge on any atom is -0.225 e. The molecule has 72 valence electrons. The van der Waals surface area contributed by atoms with Crippen LogP contribution in [-0.2, 0) is 10.0 Å². The minimum atomic E-state index is -3.83. The lowest BCUT2D eigenvalue weighted by atomic mass is 10.3. The lowest BCUT2D eigenvalue weighted by molar-refractivity contribution is 0.590. The van der Waals surface area contributed by atoms with Crippen molar-refractivity contribution in [3.05, 3.63) is 26.0 Å². The molecule has 1 aromatic carbocycles. The van der Waals surface area contributed by atoms with Crippen LogP contribution < -0.4 is 5.14 Å². The maximum atomic E-state index is 13.0. The fourth-order valence-electron chi connectivity index (χ4n) is 0.697. The summed E-state index contributed by atoms with van der Waals surface area (Å²) in [7, 11) is -3.83. The number of sulfonamides is 1. The first-order valence-electron chi connectivity index (χ1n) is 2.99. The summed E-state index contributed by atoms with van der Waals surface area (Å²) in [4.78, 5) is -0.224. The molecule has 1 aromatic rings. The lowest BCUT2D eigenvalue weighted by Crippen LogP contribution is -2.12. The highest BCUT2D eigenvalue weighted by Gasteiger charge is 2.13. The Balaban J connectivity index is 3.47. The van der Waals surface area contributed by atoms with Crippen molar-refractivity contribution in [3.63, 3.8) is 0 Å². The van der Waals surface area contributed by atoms with E-state index >= 15 is 0 Å². The molecule has 0 unspecified atom stereocenters. The van der Waals surface area contributed by atoms with E-state index in [0.717, 1.165) is 6.07 Å². The summed E-state index contributed by atoms with van der Waals surface area (Å²) in [5, 5.41) is 4.83. The van der Waals surface area contributed by atoms with Crippen LogP contribution in [0.2, 0.25) is 0 Å². The van der Waals surface area contributed by atoms with Gasteiger partial charge in [0.2, 0.25) is 10.0 Å². The van der Waals surface area contributed by atoms with Crippen LogP contribution in [0.5, 0.6) is 0 Å². The van der Waals surface area contributed by atoms with Gasteiger partial charge in [-0.05, 0) is 50.7 Å². The van der Waals surface area contributed by atoms with E-state index in [1.54, 1.807) is 0 Å². The van der Waals surface area contributed by atoms with Crippen molar-refractivity contribution in [1.29, 1.82) is 0 Å². The van der Waals surface area contributed by atoms with Crippen molar-refractivity contribution in [2.24, 2.45) is 5.14 Å². The van der Waals surface area contributed by atoms with Crippen LogP contribution in [0.4, 0.5) is 4.39 Å². The molecule has 0 aliphatic rings. The molecule has 0 saturated carbocycles. The van der Waals surface area contributed by atoms with Crippen LogP contribution in [-0.4, -0.2) is 8.42 Å². The monoisotopic (exact) mass is 379 g/mol. The average Bonchev–Trinajstić information content (AvgIpc) is 1.97. The van der Waals surface area contributed by atoms with Crippen LogP contribution in [0.1, 0.15) is 0 Å². The SMILES string of the molecule is NS(=O)(=O)c1cc(F)c(Br)c(I)c1. The first kappa shape index (κ1) is 11.3. The second kappa shape index (κ2) is 3.79. The number of hydrogen-bond acceptors (Lipinski definition) is 2. The highest BCUT2D eigenvalue weighted by Crippen LogP contribution is 2.25. The smallest absolute Gasteiger partial charge is 0.225 e. The van der Waals surface area contributed by atoms with Gasteiger partial charge in [0, 0.05) is 3.57 Å². The molecule has 0 saturated heterocycles. The summed E-state index contributed by atoms with van der Waals surface area (Å²) in [6.45, 7) is 0. The Hall–Kier alpha value is 0.270. The van der Waals surface area contributed by atoms with Gasteiger partial charge in [-0.2, -0.15) is 0 Å². The molecule has 0 spiro atoms. The number of nitrogens with two attached hydrogens (primary N) is 1. The Morgan fingerprint density at radius 1 is 1.46 bits per heavy atom. The first-order valence-corrected chi connectivity index (χ1v) is 6.41. The molecule has 1 rings (SSSR count). The number of hydrogen-bond donors (Lipinski definition) is 1. The van der Waals surface area contributed by atoms with Gasteiger partial charge in [0.15, 0.2) is 0 Å². The summed E-state index contributed by atoms with van der Waals surface area (Å²) in [6.07, 6.45) is 0. The Kier molecular flexibility index (Phi) is 3.31. The van der Waals surface area contributed by atoms with Crippen LogP contribution in [0.25, 0.3) is 0 Å². The van der Waals surface area contributed by atoms with Gasteiger partial charge in [-0.1, -0.05) is 0 Å². The van der Waals surface area contributed by atoms with Gasteiger partial charge in [0.05, 0.1) is 9.37 Å². The zero-order chi connectivity index (χ0) is 10.2. The minimum absolute atomic E-state index is 0.224. The largest absolute Gasteiger partial charge is 0.238 e. The molecule has 0 aliphatic carbocycles.